The molecule has 0 aromatic carbocycles. The molecular weight excluding hydrogens is 967 g/mol. The topological polar surface area (TPSA) is 109 Å². The average Bonchev–Trinajstić information content (AvgIpc) is 3.42. The molecule has 78 heavy (non-hydrogen) atoms. The van der Waals surface area contributed by atoms with Crippen LogP contribution >= 0.6 is 0 Å². The fourth-order valence-electron chi connectivity index (χ4n) is 12.7. The van der Waals surface area contributed by atoms with Crippen LogP contribution in [0.25, 0.3) is 0 Å². The molecule has 2 fully saturated rings. The fraction of sp³-hybridized carbons (Fsp3) is 0.940. The maximum atomic E-state index is 14.4. The summed E-state index contributed by atoms with van der Waals surface area (Å²) in [6.07, 6.45) is 52.6. The first-order chi connectivity index (χ1) is 38.0. The van der Waals surface area contributed by atoms with Gasteiger partial charge in [-0.3, -0.25) is 19.2 Å². The van der Waals surface area contributed by atoms with Gasteiger partial charge in [0.1, 0.15) is 12.1 Å². The molecule has 2 aliphatic carbocycles. The Kier molecular flexibility index (Phi) is 45.5. The van der Waals surface area contributed by atoms with Crippen molar-refractivity contribution in [2.75, 3.05) is 87.6 Å². The van der Waals surface area contributed by atoms with E-state index in [1.54, 1.807) is 0 Å². The van der Waals surface area contributed by atoms with Crippen LogP contribution in [0.2, 0.25) is 0 Å². The Balaban J connectivity index is 1.92. The highest BCUT2D eigenvalue weighted by atomic mass is 16.2. The molecule has 0 aromatic rings. The van der Waals surface area contributed by atoms with Gasteiger partial charge >= 0.3 is 0 Å². The van der Waals surface area contributed by atoms with Gasteiger partial charge in [0, 0.05) is 52.1 Å². The van der Waals surface area contributed by atoms with Gasteiger partial charge in [0.05, 0.1) is 0 Å². The minimum absolute atomic E-state index is 0.00278. The first-order valence-corrected chi connectivity index (χ1v) is 34.1. The van der Waals surface area contributed by atoms with E-state index in [2.05, 4.69) is 74.4 Å². The molecule has 11 heteroatoms. The van der Waals surface area contributed by atoms with Crippen LogP contribution in [0, 0.1) is 11.8 Å². The number of unbranched alkanes of at least 4 members (excludes halogenated alkanes) is 28. The van der Waals surface area contributed by atoms with Gasteiger partial charge in [0.15, 0.2) is 0 Å². The summed E-state index contributed by atoms with van der Waals surface area (Å²) in [5, 5.41) is 6.62. The molecule has 0 aromatic heterocycles. The van der Waals surface area contributed by atoms with Crippen LogP contribution < -0.4 is 10.6 Å². The third kappa shape index (κ3) is 36.3. The van der Waals surface area contributed by atoms with Crippen molar-refractivity contribution in [3.8, 4) is 0 Å². The van der Waals surface area contributed by atoms with Crippen LogP contribution in [0.15, 0.2) is 0 Å². The Bertz CT molecular complexity index is 1330. The molecule has 2 rings (SSSR count). The molecule has 2 atom stereocenters. The van der Waals surface area contributed by atoms with E-state index in [9.17, 15) is 19.2 Å². The number of carbonyl (C=O) groups is 4. The first kappa shape index (κ1) is 71.9. The molecule has 458 valence electrons. The predicted octanol–water partition coefficient (Wildman–Crippen LogP) is 15.1. The van der Waals surface area contributed by atoms with Gasteiger partial charge in [-0.15, -0.1) is 0 Å². The molecule has 2 unspecified atom stereocenters. The van der Waals surface area contributed by atoms with Crippen LogP contribution in [-0.4, -0.2) is 148 Å². The van der Waals surface area contributed by atoms with Crippen LogP contribution in [0.1, 0.15) is 296 Å². The van der Waals surface area contributed by atoms with E-state index in [1.165, 1.54) is 180 Å². The maximum Gasteiger partial charge on any atom is 0.243 e. The highest BCUT2D eigenvalue weighted by Crippen LogP contribution is 2.32. The lowest BCUT2D eigenvalue weighted by Crippen LogP contribution is -2.55. The first-order valence-electron chi connectivity index (χ1n) is 34.1. The zero-order chi connectivity index (χ0) is 56.7. The van der Waals surface area contributed by atoms with Gasteiger partial charge in [-0.05, 0) is 112 Å². The number of rotatable bonds is 52. The summed E-state index contributed by atoms with van der Waals surface area (Å²) in [5.74, 6) is 0.667. The zero-order valence-electron chi connectivity index (χ0n) is 52.9. The monoisotopic (exact) mass is 1100 g/mol. The molecule has 2 N–H and O–H groups in total. The highest BCUT2D eigenvalue weighted by molar-refractivity contribution is 5.88. The molecule has 0 saturated heterocycles. The standard InChI is InChI=1S/C67H131N7O4/c1-8-10-12-14-16-18-20-22-24-26-28-30-32-34-42-50-62(75)73(56-44-54-70(3)4)64(60-46-38-36-39-47-60)66(77)68-52-58-72(7)59-53-69-67(78)65(61-48-40-37-41-49-61)74(57-45-55-71(5)6)63(76)51-43-35-33-31-29-27-25-23-21-19-17-15-13-11-9-2/h60-61,64-65H,8-59H2,1-7H3,(H,68,77)(H,69,78). The number of nitrogens with one attached hydrogen (secondary N) is 2. The summed E-state index contributed by atoms with van der Waals surface area (Å²) >= 11 is 0. The second-order valence-corrected chi connectivity index (χ2v) is 25.5. The Morgan fingerprint density at radius 1 is 0.346 bits per heavy atom. The molecule has 0 bridgehead atoms. The van der Waals surface area contributed by atoms with Crippen LogP contribution in [0.5, 0.6) is 0 Å². The Morgan fingerprint density at radius 3 is 0.885 bits per heavy atom. The van der Waals surface area contributed by atoms with E-state index in [0.29, 0.717) is 52.1 Å². The summed E-state index contributed by atoms with van der Waals surface area (Å²) in [5.41, 5.74) is 0. The normalized spacial score (nSPS) is 15.3. The lowest BCUT2D eigenvalue weighted by Gasteiger charge is -2.38. The summed E-state index contributed by atoms with van der Waals surface area (Å²) in [7, 11) is 10.4. The van der Waals surface area contributed by atoms with Crippen LogP contribution in [0.4, 0.5) is 0 Å². The van der Waals surface area contributed by atoms with Gasteiger partial charge in [-0.25, -0.2) is 0 Å². The van der Waals surface area contributed by atoms with Gasteiger partial charge in [0.25, 0.3) is 0 Å². The highest BCUT2D eigenvalue weighted by Gasteiger charge is 2.38. The molecule has 0 radical (unpaired) electrons. The lowest BCUT2D eigenvalue weighted by molar-refractivity contribution is -0.143. The summed E-state index contributed by atoms with van der Waals surface area (Å²) in [6.45, 7) is 9.84. The van der Waals surface area contributed by atoms with Crippen molar-refractivity contribution in [3.63, 3.8) is 0 Å². The number of hydrogen-bond donors (Lipinski definition) is 2. The lowest BCUT2D eigenvalue weighted by atomic mass is 9.82. The summed E-state index contributed by atoms with van der Waals surface area (Å²) < 4.78 is 0. The largest absolute Gasteiger partial charge is 0.353 e. The van der Waals surface area contributed by atoms with E-state index in [4.69, 9.17) is 0 Å². The number of carbonyl (C=O) groups excluding carboxylic acids is 4. The SMILES string of the molecule is CCCCCCCCCCCCCCCCCC(=O)N(CCCN(C)C)C(C(=O)NCCN(C)CCNC(=O)C(C1CCCCC1)N(CCCN(C)C)C(=O)CCCCCCCCCCCCCCCCC)C1CCCCC1. The van der Waals surface area contributed by atoms with Crippen molar-refractivity contribution in [2.45, 2.75) is 308 Å². The van der Waals surface area contributed by atoms with E-state index in [1.807, 2.05) is 9.80 Å². The number of nitrogens with zero attached hydrogens (tertiary/aromatic N) is 5. The Labute approximate surface area is 483 Å². The molecule has 0 heterocycles. The number of amides is 4. The third-order valence-corrected chi connectivity index (χ3v) is 17.6. The minimum Gasteiger partial charge on any atom is -0.353 e. The molecular formula is C67H131N7O4. The summed E-state index contributed by atoms with van der Waals surface area (Å²) in [6, 6.07) is -0.861. The van der Waals surface area contributed by atoms with Gasteiger partial charge in [-0.1, -0.05) is 232 Å². The molecule has 2 saturated carbocycles. The Hall–Kier alpha value is -2.24. The minimum atomic E-state index is -0.430. The van der Waals surface area contributed by atoms with Crippen molar-refractivity contribution < 1.29 is 19.2 Å². The molecule has 0 spiro atoms. The summed E-state index contributed by atoms with van der Waals surface area (Å²) in [4.78, 5) is 67.8. The fourth-order valence-corrected chi connectivity index (χ4v) is 12.7. The Morgan fingerprint density at radius 2 is 0.615 bits per heavy atom. The second-order valence-electron chi connectivity index (χ2n) is 25.5. The van der Waals surface area contributed by atoms with Crippen molar-refractivity contribution >= 4 is 23.6 Å². The predicted molar refractivity (Wildman–Crippen MR) is 333 cm³/mol. The van der Waals surface area contributed by atoms with E-state index in [0.717, 1.165) is 103 Å². The zero-order valence-corrected chi connectivity index (χ0v) is 52.9. The van der Waals surface area contributed by atoms with Crippen LogP contribution in [0.3, 0.4) is 0 Å². The van der Waals surface area contributed by atoms with E-state index >= 15 is 0 Å². The third-order valence-electron chi connectivity index (χ3n) is 17.6. The molecule has 0 aliphatic heterocycles. The molecule has 11 nitrogen and oxygen atoms in total. The van der Waals surface area contributed by atoms with E-state index < -0.39 is 12.1 Å². The van der Waals surface area contributed by atoms with Gasteiger partial charge in [0.2, 0.25) is 23.6 Å². The van der Waals surface area contributed by atoms with Crippen LogP contribution in [-0.2, 0) is 19.2 Å². The van der Waals surface area contributed by atoms with Crippen molar-refractivity contribution in [1.82, 2.24) is 35.1 Å². The smallest absolute Gasteiger partial charge is 0.243 e. The van der Waals surface area contributed by atoms with Gasteiger partial charge < -0.3 is 35.1 Å². The quantitative estimate of drug-likeness (QED) is 0.0584. The number of likely N-dealkylation sites (N-methyl/N-ethyl adjacent to an activating group) is 1. The van der Waals surface area contributed by atoms with Crippen molar-refractivity contribution in [1.29, 1.82) is 0 Å². The average molecular weight is 1100 g/mol. The molecule has 4 amide bonds. The second kappa shape index (κ2) is 49.4. The van der Waals surface area contributed by atoms with Gasteiger partial charge in [-0.2, -0.15) is 0 Å². The maximum absolute atomic E-state index is 14.4. The van der Waals surface area contributed by atoms with Crippen molar-refractivity contribution in [2.24, 2.45) is 11.8 Å². The van der Waals surface area contributed by atoms with Crippen molar-refractivity contribution in [3.05, 3.63) is 0 Å². The number of hydrogen-bond acceptors (Lipinski definition) is 7. The van der Waals surface area contributed by atoms with E-state index in [-0.39, 0.29) is 35.5 Å². The molecule has 2 aliphatic rings.